The number of carbonyl (C=O) groups is 3. The van der Waals surface area contributed by atoms with E-state index >= 15 is 0 Å². The van der Waals surface area contributed by atoms with E-state index in [1.54, 1.807) is 17.0 Å². The molecule has 2 aliphatic rings. The first kappa shape index (κ1) is 31.2. The number of aryl methyl sites for hydroxylation is 1. The van der Waals surface area contributed by atoms with Crippen molar-refractivity contribution in [1.29, 1.82) is 0 Å². The summed E-state index contributed by atoms with van der Waals surface area (Å²) in [5.74, 6) is -0.810. The number of hydrogen-bond donors (Lipinski definition) is 1. The summed E-state index contributed by atoms with van der Waals surface area (Å²) in [7, 11) is 0. The van der Waals surface area contributed by atoms with Crippen LogP contribution in [-0.2, 0) is 40.3 Å². The van der Waals surface area contributed by atoms with Gasteiger partial charge in [0, 0.05) is 38.2 Å². The van der Waals surface area contributed by atoms with Crippen LogP contribution >= 0.6 is 0 Å². The lowest BCUT2D eigenvalue weighted by molar-refractivity contribution is -0.150. The van der Waals surface area contributed by atoms with Crippen LogP contribution in [0.3, 0.4) is 0 Å². The van der Waals surface area contributed by atoms with Crippen molar-refractivity contribution < 1.29 is 24.2 Å². The molecular weight excluding hydrogens is 580 g/mol. The van der Waals surface area contributed by atoms with Crippen molar-refractivity contribution in [3.8, 4) is 0 Å². The van der Waals surface area contributed by atoms with Gasteiger partial charge < -0.3 is 24.2 Å². The molecule has 1 fully saturated rings. The van der Waals surface area contributed by atoms with E-state index in [4.69, 9.17) is 9.72 Å². The Kier molecular flexibility index (Phi) is 9.59. The van der Waals surface area contributed by atoms with Crippen molar-refractivity contribution in [2.45, 2.75) is 57.7 Å². The maximum absolute atomic E-state index is 14.8. The third-order valence-electron chi connectivity index (χ3n) is 9.02. The molecule has 9 heteroatoms. The van der Waals surface area contributed by atoms with Gasteiger partial charge in [-0.2, -0.15) is 0 Å². The number of aromatic nitrogens is 2. The van der Waals surface area contributed by atoms with Gasteiger partial charge in [0.25, 0.3) is 0 Å². The lowest BCUT2D eigenvalue weighted by Gasteiger charge is -2.40. The third-order valence-corrected chi connectivity index (χ3v) is 9.02. The number of fused-ring (bicyclic) bond motifs is 1. The molecule has 6 rings (SSSR count). The molecule has 0 spiro atoms. The van der Waals surface area contributed by atoms with Crippen LogP contribution in [0.15, 0.2) is 84.9 Å². The molecule has 2 aliphatic heterocycles. The van der Waals surface area contributed by atoms with E-state index in [1.165, 1.54) is 0 Å². The Hall–Kier alpha value is -4.76. The van der Waals surface area contributed by atoms with Gasteiger partial charge in [-0.3, -0.25) is 9.59 Å². The monoisotopic (exact) mass is 620 g/mol. The average molecular weight is 621 g/mol. The van der Waals surface area contributed by atoms with Crippen molar-refractivity contribution in [3.05, 3.63) is 124 Å². The minimum atomic E-state index is -0.964. The first-order valence-electron chi connectivity index (χ1n) is 16.1. The third kappa shape index (κ3) is 6.60. The van der Waals surface area contributed by atoms with Gasteiger partial charge in [-0.05, 0) is 35.2 Å². The molecule has 3 heterocycles. The molecule has 0 aliphatic carbocycles. The molecule has 1 aromatic heterocycles. The fraction of sp³-hybridized carbons (Fsp3) is 0.351. The predicted molar refractivity (Wildman–Crippen MR) is 174 cm³/mol. The standard InChI is InChI=1S/C37H40N4O5/c1-2-3-14-33-38-30-25-41(36(43)34(27-10-6-4-7-11-27)28-12-8-5-9-13-28)32(35(42)39-19-21-46-22-20-39)23-31(30)40(33)24-26-15-17-29(18-16-26)37(44)45/h4-13,15-18,32,34H,2-3,14,19-25H2,1H3,(H,44,45)/t32-/m0/s1. The van der Waals surface area contributed by atoms with Crippen molar-refractivity contribution in [2.24, 2.45) is 0 Å². The van der Waals surface area contributed by atoms with Crippen LogP contribution in [0.1, 0.15) is 69.9 Å². The minimum absolute atomic E-state index is 0.0733. The number of carboxylic acids is 1. The largest absolute Gasteiger partial charge is 0.478 e. The Morgan fingerprint density at radius 2 is 1.54 bits per heavy atom. The fourth-order valence-corrected chi connectivity index (χ4v) is 6.54. The van der Waals surface area contributed by atoms with Gasteiger partial charge in [0.1, 0.15) is 11.9 Å². The second-order valence-electron chi connectivity index (χ2n) is 12.0. The highest BCUT2D eigenvalue weighted by Crippen LogP contribution is 2.33. The molecule has 1 N–H and O–H groups in total. The number of ether oxygens (including phenoxy) is 1. The molecule has 0 bridgehead atoms. The number of morpholine rings is 1. The van der Waals surface area contributed by atoms with Crippen LogP contribution in [-0.4, -0.2) is 74.6 Å². The van der Waals surface area contributed by atoms with Crippen LogP contribution in [0.2, 0.25) is 0 Å². The van der Waals surface area contributed by atoms with Crippen LogP contribution in [0.25, 0.3) is 0 Å². The van der Waals surface area contributed by atoms with E-state index in [0.29, 0.717) is 39.3 Å². The number of unbranched alkanes of at least 4 members (excludes halogenated alkanes) is 1. The van der Waals surface area contributed by atoms with Crippen molar-refractivity contribution in [3.63, 3.8) is 0 Å². The highest BCUT2D eigenvalue weighted by molar-refractivity contribution is 5.93. The van der Waals surface area contributed by atoms with Crippen LogP contribution in [0.5, 0.6) is 0 Å². The molecule has 1 atom stereocenters. The zero-order valence-electron chi connectivity index (χ0n) is 26.2. The van der Waals surface area contributed by atoms with Gasteiger partial charge in [-0.1, -0.05) is 86.1 Å². The summed E-state index contributed by atoms with van der Waals surface area (Å²) < 4.78 is 7.73. The average Bonchev–Trinajstić information content (AvgIpc) is 3.43. The Bertz CT molecular complexity index is 1620. The van der Waals surface area contributed by atoms with Gasteiger partial charge in [-0.15, -0.1) is 0 Å². The summed E-state index contributed by atoms with van der Waals surface area (Å²) in [5, 5.41) is 9.38. The Morgan fingerprint density at radius 1 is 0.913 bits per heavy atom. The smallest absolute Gasteiger partial charge is 0.335 e. The Morgan fingerprint density at radius 3 is 2.13 bits per heavy atom. The molecule has 9 nitrogen and oxygen atoms in total. The van der Waals surface area contributed by atoms with Gasteiger partial charge in [-0.25, -0.2) is 9.78 Å². The highest BCUT2D eigenvalue weighted by Gasteiger charge is 2.42. The van der Waals surface area contributed by atoms with Crippen LogP contribution < -0.4 is 0 Å². The topological polar surface area (TPSA) is 105 Å². The van der Waals surface area contributed by atoms with Crippen molar-refractivity contribution >= 4 is 17.8 Å². The zero-order valence-corrected chi connectivity index (χ0v) is 26.2. The maximum atomic E-state index is 14.8. The summed E-state index contributed by atoms with van der Waals surface area (Å²) in [6, 6.07) is 25.7. The highest BCUT2D eigenvalue weighted by atomic mass is 16.5. The molecule has 3 aromatic carbocycles. The van der Waals surface area contributed by atoms with E-state index in [2.05, 4.69) is 11.5 Å². The zero-order chi connectivity index (χ0) is 32.0. The molecule has 1 saturated heterocycles. The number of carboxylic acid groups (broad SMARTS) is 1. The lowest BCUT2D eigenvalue weighted by atomic mass is 9.88. The number of imidazole rings is 1. The predicted octanol–water partition coefficient (Wildman–Crippen LogP) is 4.92. The minimum Gasteiger partial charge on any atom is -0.478 e. The first-order valence-corrected chi connectivity index (χ1v) is 16.1. The number of hydrogen-bond acceptors (Lipinski definition) is 5. The number of aromatic carboxylic acids is 1. The van der Waals surface area contributed by atoms with Crippen LogP contribution in [0.4, 0.5) is 0 Å². The SMILES string of the molecule is CCCCc1nc2c(n1Cc1ccc(C(=O)O)cc1)C[C@@H](C(=O)N1CCOCC1)N(C(=O)C(c1ccccc1)c1ccccc1)C2. The van der Waals surface area contributed by atoms with Crippen molar-refractivity contribution in [2.75, 3.05) is 26.3 Å². The summed E-state index contributed by atoms with van der Waals surface area (Å²) in [6.07, 6.45) is 3.07. The van der Waals surface area contributed by atoms with Gasteiger partial charge in [0.05, 0.1) is 36.9 Å². The number of carbonyl (C=O) groups excluding carboxylic acids is 2. The second kappa shape index (κ2) is 14.1. The fourth-order valence-electron chi connectivity index (χ4n) is 6.54. The van der Waals surface area contributed by atoms with E-state index in [1.807, 2.05) is 77.7 Å². The summed E-state index contributed by atoms with van der Waals surface area (Å²) in [5.41, 5.74) is 4.71. The quantitative estimate of drug-likeness (QED) is 0.270. The Balaban J connectivity index is 1.41. The van der Waals surface area contributed by atoms with Crippen molar-refractivity contribution in [1.82, 2.24) is 19.4 Å². The summed E-state index contributed by atoms with van der Waals surface area (Å²) in [4.78, 5) is 49.2. The number of rotatable bonds is 10. The van der Waals surface area contributed by atoms with Gasteiger partial charge in [0.15, 0.2) is 0 Å². The molecule has 4 aromatic rings. The second-order valence-corrected chi connectivity index (χ2v) is 12.0. The maximum Gasteiger partial charge on any atom is 0.335 e. The molecule has 46 heavy (non-hydrogen) atoms. The molecule has 2 amide bonds. The van der Waals surface area contributed by atoms with Crippen LogP contribution in [0, 0.1) is 0 Å². The van der Waals surface area contributed by atoms with Gasteiger partial charge in [0.2, 0.25) is 11.8 Å². The van der Waals surface area contributed by atoms with E-state index in [0.717, 1.165) is 53.2 Å². The van der Waals surface area contributed by atoms with Gasteiger partial charge >= 0.3 is 5.97 Å². The molecule has 0 saturated carbocycles. The number of benzene rings is 3. The molecule has 238 valence electrons. The van der Waals surface area contributed by atoms with E-state index in [-0.39, 0.29) is 23.9 Å². The molecule has 0 unspecified atom stereocenters. The number of nitrogens with zero attached hydrogens (tertiary/aromatic N) is 4. The lowest BCUT2D eigenvalue weighted by Crippen LogP contribution is -2.56. The number of amides is 2. The van der Waals surface area contributed by atoms with E-state index in [9.17, 15) is 19.5 Å². The molecular formula is C37H40N4O5. The summed E-state index contributed by atoms with van der Waals surface area (Å²) >= 11 is 0. The Labute approximate surface area is 269 Å². The molecule has 0 radical (unpaired) electrons. The first-order chi connectivity index (χ1) is 22.4. The van der Waals surface area contributed by atoms with E-state index < -0.39 is 17.9 Å². The normalized spacial score (nSPS) is 16.3. The summed E-state index contributed by atoms with van der Waals surface area (Å²) in [6.45, 7) is 4.80.